The minimum absolute atomic E-state index is 0.219. The van der Waals surface area contributed by atoms with Crippen LogP contribution in [0.5, 0.6) is 0 Å². The fourth-order valence-electron chi connectivity index (χ4n) is 1.58. The molecule has 1 aromatic rings. The van der Waals surface area contributed by atoms with Gasteiger partial charge in [0.1, 0.15) is 5.60 Å². The van der Waals surface area contributed by atoms with Crippen molar-refractivity contribution in [2.45, 2.75) is 36.6 Å². The number of ketones is 1. The number of aromatic amines is 1. The highest BCUT2D eigenvalue weighted by Crippen LogP contribution is 2.30. The average Bonchev–Trinajstić information content (AvgIpc) is 2.82. The van der Waals surface area contributed by atoms with Crippen molar-refractivity contribution in [3.63, 3.8) is 0 Å². The predicted molar refractivity (Wildman–Crippen MR) is 93.3 cm³/mol. The Balaban J connectivity index is 2.41. The molecule has 0 bridgehead atoms. The Morgan fingerprint density at radius 1 is 1.30 bits per heavy atom. The first kappa shape index (κ1) is 19.9. The second-order valence-electron chi connectivity index (χ2n) is 5.79. The number of carbonyl (C=O) groups excluding carboxylic acids is 2. The smallest absolute Gasteiger partial charge is 0.407 e. The van der Waals surface area contributed by atoms with Gasteiger partial charge >= 0.3 is 6.09 Å². The molecule has 8 heteroatoms. The van der Waals surface area contributed by atoms with Crippen LogP contribution < -0.4 is 5.32 Å². The predicted octanol–water partition coefficient (Wildman–Crippen LogP) is 4.50. The van der Waals surface area contributed by atoms with E-state index in [0.717, 1.165) is 5.56 Å². The Hall–Kier alpha value is -1.17. The van der Waals surface area contributed by atoms with Gasteiger partial charge in [-0.2, -0.15) is 0 Å². The fourth-order valence-corrected chi connectivity index (χ4v) is 1.89. The van der Waals surface area contributed by atoms with Crippen molar-refractivity contribution in [2.24, 2.45) is 0 Å². The third kappa shape index (κ3) is 7.77. The van der Waals surface area contributed by atoms with Gasteiger partial charge in [0.05, 0.1) is 5.69 Å². The highest BCUT2D eigenvalue weighted by Gasteiger charge is 2.32. The molecule has 0 fully saturated rings. The number of alkyl carbamates (subject to hydrolysis) is 1. The van der Waals surface area contributed by atoms with Gasteiger partial charge < -0.3 is 15.0 Å². The minimum Gasteiger partial charge on any atom is -0.444 e. The van der Waals surface area contributed by atoms with Crippen LogP contribution >= 0.6 is 34.8 Å². The molecule has 5 nitrogen and oxygen atoms in total. The van der Waals surface area contributed by atoms with Gasteiger partial charge in [-0.15, -0.1) is 0 Å². The lowest BCUT2D eigenvalue weighted by Gasteiger charge is -2.19. The Kier molecular flexibility index (Phi) is 6.99. The summed E-state index contributed by atoms with van der Waals surface area (Å²) in [5, 5.41) is 2.64. The summed E-state index contributed by atoms with van der Waals surface area (Å²) in [4.78, 5) is 25.9. The first-order chi connectivity index (χ1) is 10.5. The van der Waals surface area contributed by atoms with Gasteiger partial charge in [-0.1, -0.05) is 47.0 Å². The number of H-pyrrole nitrogens is 1. The normalized spacial score (nSPS) is 12.4. The molecule has 0 aliphatic rings. The van der Waals surface area contributed by atoms with Crippen LogP contribution in [-0.2, 0) is 4.74 Å². The molecule has 1 amide bonds. The second-order valence-corrected chi connectivity index (χ2v) is 8.07. The second kappa shape index (κ2) is 8.08. The van der Waals surface area contributed by atoms with E-state index in [2.05, 4.69) is 10.3 Å². The van der Waals surface area contributed by atoms with E-state index in [1.165, 1.54) is 0 Å². The number of nitrogens with one attached hydrogen (secondary N) is 2. The lowest BCUT2D eigenvalue weighted by atomic mass is 10.2. The zero-order valence-electron chi connectivity index (χ0n) is 13.1. The minimum atomic E-state index is -1.98. The summed E-state index contributed by atoms with van der Waals surface area (Å²) < 4.78 is 3.13. The van der Waals surface area contributed by atoms with Crippen LogP contribution in [0.25, 0.3) is 6.08 Å². The Labute approximate surface area is 150 Å². The summed E-state index contributed by atoms with van der Waals surface area (Å²) in [6.07, 6.45) is 5.43. The van der Waals surface area contributed by atoms with Gasteiger partial charge in [0.25, 0.3) is 3.79 Å². The average molecular weight is 382 g/mol. The standard InChI is InChI=1S/C15H19Cl3N2O3/c1-14(2,3)23-13(22)19-7-5-4-6-10-8-11(20-9-10)12(21)15(16,17)18/h4,6,8-9,20H,5,7H2,1-3H3,(H,19,22). The topological polar surface area (TPSA) is 71.2 Å². The van der Waals surface area contributed by atoms with Gasteiger partial charge in [-0.25, -0.2) is 4.79 Å². The van der Waals surface area contributed by atoms with E-state index in [0.29, 0.717) is 13.0 Å². The lowest BCUT2D eigenvalue weighted by molar-refractivity contribution is 0.0528. The van der Waals surface area contributed by atoms with Crippen LogP contribution in [0.1, 0.15) is 43.2 Å². The van der Waals surface area contributed by atoms with Gasteiger partial charge in [-0.3, -0.25) is 4.79 Å². The third-order valence-corrected chi connectivity index (χ3v) is 3.01. The molecule has 0 aromatic carbocycles. The Morgan fingerprint density at radius 2 is 1.96 bits per heavy atom. The van der Waals surface area contributed by atoms with Crippen molar-refractivity contribution in [3.8, 4) is 0 Å². The summed E-state index contributed by atoms with van der Waals surface area (Å²) in [5.41, 5.74) is 0.465. The number of aromatic nitrogens is 1. The van der Waals surface area contributed by atoms with Crippen molar-refractivity contribution >= 4 is 52.8 Å². The van der Waals surface area contributed by atoms with Crippen molar-refractivity contribution < 1.29 is 14.3 Å². The van der Waals surface area contributed by atoms with E-state index in [9.17, 15) is 9.59 Å². The maximum absolute atomic E-state index is 11.7. The number of ether oxygens (including phenoxy) is 1. The molecule has 1 heterocycles. The Bertz CT molecular complexity index is 584. The summed E-state index contributed by atoms with van der Waals surface area (Å²) in [6, 6.07) is 1.59. The summed E-state index contributed by atoms with van der Waals surface area (Å²) in [6.45, 7) is 5.84. The van der Waals surface area contributed by atoms with Gasteiger partial charge in [-0.05, 0) is 38.8 Å². The Morgan fingerprint density at radius 3 is 2.52 bits per heavy atom. The molecule has 0 spiro atoms. The molecule has 0 radical (unpaired) electrons. The zero-order chi connectivity index (χ0) is 17.7. The maximum atomic E-state index is 11.7. The van der Waals surface area contributed by atoms with Crippen LogP contribution in [0.3, 0.4) is 0 Å². The molecule has 0 aliphatic carbocycles. The van der Waals surface area contributed by atoms with E-state index >= 15 is 0 Å². The monoisotopic (exact) mass is 380 g/mol. The van der Waals surface area contributed by atoms with Crippen LogP contribution in [0.4, 0.5) is 4.79 Å². The molecule has 1 rings (SSSR count). The summed E-state index contributed by atoms with van der Waals surface area (Å²) in [7, 11) is 0. The highest BCUT2D eigenvalue weighted by atomic mass is 35.6. The quantitative estimate of drug-likeness (QED) is 0.448. The molecule has 23 heavy (non-hydrogen) atoms. The number of alkyl halides is 3. The van der Waals surface area contributed by atoms with Gasteiger partial charge in [0.15, 0.2) is 0 Å². The number of amides is 1. The van der Waals surface area contributed by atoms with Gasteiger partial charge in [0, 0.05) is 12.7 Å². The highest BCUT2D eigenvalue weighted by molar-refractivity contribution is 6.77. The number of carbonyl (C=O) groups is 2. The largest absolute Gasteiger partial charge is 0.444 e. The van der Waals surface area contributed by atoms with Crippen molar-refractivity contribution in [1.29, 1.82) is 0 Å². The number of hydrogen-bond donors (Lipinski definition) is 2. The van der Waals surface area contributed by atoms with E-state index in [4.69, 9.17) is 39.5 Å². The first-order valence-corrected chi connectivity index (χ1v) is 8.06. The van der Waals surface area contributed by atoms with Gasteiger partial charge in [0.2, 0.25) is 5.78 Å². The number of Topliss-reactive ketones (excluding diaryl/α,β-unsaturated/α-hetero) is 1. The molecule has 0 saturated heterocycles. The van der Waals surface area contributed by atoms with Crippen LogP contribution in [0, 0.1) is 0 Å². The maximum Gasteiger partial charge on any atom is 0.407 e. The molecule has 0 atom stereocenters. The lowest BCUT2D eigenvalue weighted by Crippen LogP contribution is -2.32. The first-order valence-electron chi connectivity index (χ1n) is 6.92. The van der Waals surface area contributed by atoms with Crippen molar-refractivity contribution in [2.75, 3.05) is 6.54 Å². The van der Waals surface area contributed by atoms with E-state index in [1.807, 2.05) is 6.08 Å². The molecule has 0 saturated carbocycles. The number of rotatable bonds is 5. The van der Waals surface area contributed by atoms with Crippen LogP contribution in [-0.4, -0.2) is 32.8 Å². The zero-order valence-corrected chi connectivity index (χ0v) is 15.4. The molecular formula is C15H19Cl3N2O3. The third-order valence-electron chi connectivity index (χ3n) is 2.50. The van der Waals surface area contributed by atoms with Crippen molar-refractivity contribution in [3.05, 3.63) is 29.6 Å². The summed E-state index contributed by atoms with van der Waals surface area (Å²) in [5.74, 6) is -0.617. The van der Waals surface area contributed by atoms with E-state index in [-0.39, 0.29) is 5.69 Å². The molecule has 0 aliphatic heterocycles. The molecule has 2 N–H and O–H groups in total. The van der Waals surface area contributed by atoms with E-state index < -0.39 is 21.3 Å². The molecule has 1 aromatic heterocycles. The van der Waals surface area contributed by atoms with Crippen LogP contribution in [0.15, 0.2) is 18.3 Å². The van der Waals surface area contributed by atoms with Crippen LogP contribution in [0.2, 0.25) is 0 Å². The fraction of sp³-hybridized carbons (Fsp3) is 0.467. The number of hydrogen-bond acceptors (Lipinski definition) is 3. The molecule has 128 valence electrons. The number of halogens is 3. The van der Waals surface area contributed by atoms with E-state index in [1.54, 1.807) is 39.1 Å². The molecule has 0 unspecified atom stereocenters. The molecular weight excluding hydrogens is 363 g/mol. The van der Waals surface area contributed by atoms with Crippen molar-refractivity contribution in [1.82, 2.24) is 10.3 Å². The summed E-state index contributed by atoms with van der Waals surface area (Å²) >= 11 is 16.6. The SMILES string of the molecule is CC(C)(C)OC(=O)NCCC=Cc1c[nH]c(C(=O)C(Cl)(Cl)Cl)c1.